The van der Waals surface area contributed by atoms with Gasteiger partial charge < -0.3 is 5.21 Å². The van der Waals surface area contributed by atoms with Gasteiger partial charge in [0.15, 0.2) is 0 Å². The van der Waals surface area contributed by atoms with Crippen molar-refractivity contribution in [1.82, 2.24) is 10.4 Å². The van der Waals surface area contributed by atoms with Gasteiger partial charge in [0.1, 0.15) is 11.6 Å². The van der Waals surface area contributed by atoms with Gasteiger partial charge in [0, 0.05) is 31.6 Å². The van der Waals surface area contributed by atoms with Crippen LogP contribution in [0.2, 0.25) is 0 Å². The summed E-state index contributed by atoms with van der Waals surface area (Å²) in [6.07, 6.45) is 0. The Labute approximate surface area is 128 Å². The van der Waals surface area contributed by atoms with E-state index >= 15 is 0 Å². The molecule has 0 aromatic heterocycles. The molecule has 0 radical (unpaired) electrons. The number of likely N-dealkylation sites (tertiary alicyclic amines) is 1. The van der Waals surface area contributed by atoms with Gasteiger partial charge in [-0.2, -0.15) is 0 Å². The quantitative estimate of drug-likeness (QED) is 0.853. The first-order valence-electron chi connectivity index (χ1n) is 7.28. The van der Waals surface area contributed by atoms with Gasteiger partial charge in [-0.3, -0.25) is 4.90 Å². The zero-order valence-corrected chi connectivity index (χ0v) is 12.0. The Morgan fingerprint density at radius 2 is 1.86 bits per heavy atom. The van der Waals surface area contributed by atoms with Crippen molar-refractivity contribution in [3.8, 4) is 0 Å². The summed E-state index contributed by atoms with van der Waals surface area (Å²) in [4.78, 5) is 2.15. The minimum atomic E-state index is -0.589. The molecule has 2 aromatic carbocycles. The zero-order chi connectivity index (χ0) is 15.5. The maximum Gasteiger partial charge on any atom is 0.129 e. The normalized spacial score (nSPS) is 22.1. The molecule has 5 heteroatoms. The highest BCUT2D eigenvalue weighted by molar-refractivity contribution is 5.26. The van der Waals surface area contributed by atoms with Crippen LogP contribution in [0.4, 0.5) is 8.78 Å². The first kappa shape index (κ1) is 15.1. The van der Waals surface area contributed by atoms with Crippen LogP contribution in [0.1, 0.15) is 17.0 Å². The number of nitrogens with one attached hydrogen (secondary N) is 1. The standard InChI is InChI=1S/C17H18F2N2O/c18-13-6-7-14(16(19)8-13)15-10-21(11-17(15)20-22)9-12-4-2-1-3-5-12/h1-8,15,17,20,22H,9-11H2/t15-,17+/m1/s1. The lowest BCUT2D eigenvalue weighted by atomic mass is 9.94. The molecule has 1 heterocycles. The van der Waals surface area contributed by atoms with E-state index in [9.17, 15) is 14.0 Å². The second kappa shape index (κ2) is 6.52. The lowest BCUT2D eigenvalue weighted by Crippen LogP contribution is -2.33. The van der Waals surface area contributed by atoms with Crippen molar-refractivity contribution in [2.24, 2.45) is 0 Å². The second-order valence-electron chi connectivity index (χ2n) is 5.69. The molecular formula is C17H18F2N2O. The Morgan fingerprint density at radius 1 is 1.09 bits per heavy atom. The first-order chi connectivity index (χ1) is 10.7. The Hall–Kier alpha value is -1.82. The van der Waals surface area contributed by atoms with Crippen LogP contribution in [-0.2, 0) is 6.54 Å². The topological polar surface area (TPSA) is 35.5 Å². The molecule has 22 heavy (non-hydrogen) atoms. The summed E-state index contributed by atoms with van der Waals surface area (Å²) >= 11 is 0. The molecule has 1 fully saturated rings. The van der Waals surface area contributed by atoms with Gasteiger partial charge in [-0.25, -0.2) is 14.3 Å². The van der Waals surface area contributed by atoms with Crippen molar-refractivity contribution in [2.45, 2.75) is 18.5 Å². The van der Waals surface area contributed by atoms with Crippen molar-refractivity contribution in [2.75, 3.05) is 13.1 Å². The van der Waals surface area contributed by atoms with Gasteiger partial charge in [-0.15, -0.1) is 0 Å². The number of benzene rings is 2. The molecule has 0 amide bonds. The summed E-state index contributed by atoms with van der Waals surface area (Å²) in [5, 5.41) is 9.35. The molecule has 2 N–H and O–H groups in total. The highest BCUT2D eigenvalue weighted by Gasteiger charge is 2.35. The molecule has 116 valence electrons. The summed E-state index contributed by atoms with van der Waals surface area (Å²) in [5.41, 5.74) is 3.87. The summed E-state index contributed by atoms with van der Waals surface area (Å²) in [5.74, 6) is -1.37. The summed E-state index contributed by atoms with van der Waals surface area (Å²) in [6, 6.07) is 13.3. The van der Waals surface area contributed by atoms with Crippen molar-refractivity contribution in [3.05, 3.63) is 71.3 Å². The van der Waals surface area contributed by atoms with Gasteiger partial charge in [0.2, 0.25) is 0 Å². The maximum absolute atomic E-state index is 14.0. The van der Waals surface area contributed by atoms with E-state index in [0.29, 0.717) is 18.7 Å². The van der Waals surface area contributed by atoms with Crippen molar-refractivity contribution in [1.29, 1.82) is 0 Å². The molecule has 0 unspecified atom stereocenters. The number of rotatable bonds is 4. The number of hydroxylamine groups is 1. The third-order valence-electron chi connectivity index (χ3n) is 4.17. The zero-order valence-electron chi connectivity index (χ0n) is 12.0. The van der Waals surface area contributed by atoms with E-state index in [1.807, 2.05) is 30.3 Å². The minimum Gasteiger partial charge on any atom is -0.316 e. The van der Waals surface area contributed by atoms with E-state index in [1.54, 1.807) is 0 Å². The van der Waals surface area contributed by atoms with Gasteiger partial charge in [-0.05, 0) is 17.2 Å². The van der Waals surface area contributed by atoms with Crippen molar-refractivity contribution < 1.29 is 14.0 Å². The summed E-state index contributed by atoms with van der Waals surface area (Å²) in [7, 11) is 0. The molecule has 0 aliphatic carbocycles. The predicted molar refractivity (Wildman–Crippen MR) is 79.5 cm³/mol. The monoisotopic (exact) mass is 304 g/mol. The van der Waals surface area contributed by atoms with Crippen LogP contribution in [0.3, 0.4) is 0 Å². The molecule has 3 rings (SSSR count). The fourth-order valence-corrected chi connectivity index (χ4v) is 3.10. The SMILES string of the molecule is ON[C@H]1CN(Cc2ccccc2)C[C@@H]1c1ccc(F)cc1F. The van der Waals surface area contributed by atoms with Crippen LogP contribution in [0.5, 0.6) is 0 Å². The first-order valence-corrected chi connectivity index (χ1v) is 7.28. The fourth-order valence-electron chi connectivity index (χ4n) is 3.10. The Kier molecular flexibility index (Phi) is 4.47. The molecule has 2 atom stereocenters. The third kappa shape index (κ3) is 3.16. The Morgan fingerprint density at radius 3 is 2.55 bits per heavy atom. The van der Waals surface area contributed by atoms with Crippen LogP contribution in [0.15, 0.2) is 48.5 Å². The molecule has 1 aliphatic rings. The average Bonchev–Trinajstić information content (AvgIpc) is 2.91. The maximum atomic E-state index is 14.0. The Balaban J connectivity index is 1.77. The van der Waals surface area contributed by atoms with Gasteiger partial charge in [0.05, 0.1) is 6.04 Å². The van der Waals surface area contributed by atoms with Crippen LogP contribution < -0.4 is 5.48 Å². The number of halogens is 2. The van der Waals surface area contributed by atoms with Crippen LogP contribution in [0, 0.1) is 11.6 Å². The second-order valence-corrected chi connectivity index (χ2v) is 5.69. The molecular weight excluding hydrogens is 286 g/mol. The highest BCUT2D eigenvalue weighted by atomic mass is 19.1. The average molecular weight is 304 g/mol. The van der Waals surface area contributed by atoms with Crippen molar-refractivity contribution in [3.63, 3.8) is 0 Å². The smallest absolute Gasteiger partial charge is 0.129 e. The van der Waals surface area contributed by atoms with E-state index in [-0.39, 0.29) is 12.0 Å². The number of hydrogen-bond acceptors (Lipinski definition) is 3. The Bertz CT molecular complexity index is 636. The lowest BCUT2D eigenvalue weighted by molar-refractivity contribution is 0.121. The number of hydrogen-bond donors (Lipinski definition) is 2. The molecule has 0 bridgehead atoms. The van der Waals surface area contributed by atoms with Gasteiger partial charge in [-0.1, -0.05) is 36.4 Å². The van der Waals surface area contributed by atoms with E-state index < -0.39 is 11.6 Å². The molecule has 0 spiro atoms. The lowest BCUT2D eigenvalue weighted by Gasteiger charge is -2.17. The summed E-state index contributed by atoms with van der Waals surface area (Å²) in [6.45, 7) is 1.95. The molecule has 0 saturated carbocycles. The van der Waals surface area contributed by atoms with E-state index in [1.165, 1.54) is 17.7 Å². The highest BCUT2D eigenvalue weighted by Crippen LogP contribution is 2.30. The van der Waals surface area contributed by atoms with E-state index in [0.717, 1.165) is 12.6 Å². The third-order valence-corrected chi connectivity index (χ3v) is 4.17. The molecule has 2 aromatic rings. The van der Waals surface area contributed by atoms with E-state index in [4.69, 9.17) is 0 Å². The molecule has 1 aliphatic heterocycles. The molecule has 3 nitrogen and oxygen atoms in total. The van der Waals surface area contributed by atoms with Crippen LogP contribution >= 0.6 is 0 Å². The van der Waals surface area contributed by atoms with E-state index in [2.05, 4.69) is 10.4 Å². The molecule has 1 saturated heterocycles. The fraction of sp³-hybridized carbons (Fsp3) is 0.294. The van der Waals surface area contributed by atoms with Gasteiger partial charge >= 0.3 is 0 Å². The van der Waals surface area contributed by atoms with Gasteiger partial charge in [0.25, 0.3) is 0 Å². The largest absolute Gasteiger partial charge is 0.316 e. The van der Waals surface area contributed by atoms with Crippen LogP contribution in [0.25, 0.3) is 0 Å². The van der Waals surface area contributed by atoms with Crippen LogP contribution in [-0.4, -0.2) is 29.2 Å². The van der Waals surface area contributed by atoms with Crippen molar-refractivity contribution >= 4 is 0 Å². The minimum absolute atomic E-state index is 0.214. The predicted octanol–water partition coefficient (Wildman–Crippen LogP) is 2.91. The number of nitrogens with zero attached hydrogens (tertiary/aromatic N) is 1. The summed E-state index contributed by atoms with van der Waals surface area (Å²) < 4.78 is 27.1.